The van der Waals surface area contributed by atoms with Crippen LogP contribution < -0.4 is 5.32 Å². The number of likely N-dealkylation sites (tertiary alicyclic amines) is 1. The summed E-state index contributed by atoms with van der Waals surface area (Å²) in [6.07, 6.45) is 12.8. The molecule has 0 radical (unpaired) electrons. The predicted octanol–water partition coefficient (Wildman–Crippen LogP) is 3.37. The largest absolute Gasteiger partial charge is 0.343 e. The lowest BCUT2D eigenvalue weighted by atomic mass is 9.68. The van der Waals surface area contributed by atoms with Gasteiger partial charge in [-0.3, -0.25) is 4.79 Å². The number of hydrogen-bond acceptors (Lipinski definition) is 2. The molecule has 1 amide bonds. The zero-order valence-corrected chi connectivity index (χ0v) is 14.1. The third kappa shape index (κ3) is 4.35. The Morgan fingerprint density at radius 1 is 1.00 bits per heavy atom. The van der Waals surface area contributed by atoms with E-state index in [1.165, 1.54) is 57.8 Å². The number of amides is 1. The summed E-state index contributed by atoms with van der Waals surface area (Å²) in [6, 6.07) is 0. The van der Waals surface area contributed by atoms with Crippen molar-refractivity contribution in [1.82, 2.24) is 10.2 Å². The lowest BCUT2D eigenvalue weighted by Crippen LogP contribution is -2.44. The number of hydrogen-bond donors (Lipinski definition) is 1. The van der Waals surface area contributed by atoms with E-state index < -0.39 is 0 Å². The molecule has 3 aliphatic rings. The second-order valence-corrected chi connectivity index (χ2v) is 7.34. The number of rotatable bonds is 2. The maximum atomic E-state index is 12.4. The summed E-state index contributed by atoms with van der Waals surface area (Å²) < 4.78 is 0. The first-order chi connectivity index (χ1) is 9.77. The fourth-order valence-corrected chi connectivity index (χ4v) is 4.49. The first-order valence-corrected chi connectivity index (χ1v) is 8.76. The highest BCUT2D eigenvalue weighted by atomic mass is 35.5. The van der Waals surface area contributed by atoms with E-state index in [2.05, 4.69) is 10.2 Å². The van der Waals surface area contributed by atoms with Crippen molar-refractivity contribution in [1.29, 1.82) is 0 Å². The fourth-order valence-electron chi connectivity index (χ4n) is 4.49. The quantitative estimate of drug-likeness (QED) is 0.847. The molecule has 122 valence electrons. The van der Waals surface area contributed by atoms with Crippen LogP contribution in [0, 0.1) is 11.3 Å². The molecule has 4 heteroatoms. The molecule has 0 atom stereocenters. The van der Waals surface area contributed by atoms with Crippen LogP contribution in [-0.4, -0.2) is 37.0 Å². The van der Waals surface area contributed by atoms with Crippen molar-refractivity contribution in [2.75, 3.05) is 26.2 Å². The molecule has 3 fully saturated rings. The molecular weight excluding hydrogens is 284 g/mol. The molecule has 3 rings (SSSR count). The molecule has 2 saturated heterocycles. The van der Waals surface area contributed by atoms with Gasteiger partial charge in [0.1, 0.15) is 0 Å². The van der Waals surface area contributed by atoms with E-state index in [1.807, 2.05) is 0 Å². The Labute approximate surface area is 135 Å². The van der Waals surface area contributed by atoms with Crippen LogP contribution in [0.5, 0.6) is 0 Å². The molecule has 2 heterocycles. The molecule has 1 N–H and O–H groups in total. The highest BCUT2D eigenvalue weighted by Gasteiger charge is 2.36. The maximum absolute atomic E-state index is 12.4. The van der Waals surface area contributed by atoms with Gasteiger partial charge in [0, 0.05) is 19.5 Å². The van der Waals surface area contributed by atoms with Crippen LogP contribution in [0.3, 0.4) is 0 Å². The molecule has 21 heavy (non-hydrogen) atoms. The Morgan fingerprint density at radius 3 is 2.24 bits per heavy atom. The molecule has 0 aromatic rings. The third-order valence-electron chi connectivity index (χ3n) is 6.01. The van der Waals surface area contributed by atoms with Gasteiger partial charge in [0.25, 0.3) is 0 Å². The minimum absolute atomic E-state index is 0. The summed E-state index contributed by atoms with van der Waals surface area (Å²) >= 11 is 0. The Bertz CT molecular complexity index is 326. The van der Waals surface area contributed by atoms with Crippen LogP contribution in [-0.2, 0) is 4.79 Å². The average Bonchev–Trinajstić information content (AvgIpc) is 2.50. The summed E-state index contributed by atoms with van der Waals surface area (Å²) in [5.74, 6) is 1.07. The third-order valence-corrected chi connectivity index (χ3v) is 6.01. The van der Waals surface area contributed by atoms with E-state index >= 15 is 0 Å². The highest BCUT2D eigenvalue weighted by Crippen LogP contribution is 2.44. The summed E-state index contributed by atoms with van der Waals surface area (Å²) in [5.41, 5.74) is 0.615. The Balaban J connectivity index is 0.00000161. The Morgan fingerprint density at radius 2 is 1.62 bits per heavy atom. The van der Waals surface area contributed by atoms with Crippen LogP contribution in [0.15, 0.2) is 0 Å². The molecule has 1 spiro atoms. The van der Waals surface area contributed by atoms with Gasteiger partial charge < -0.3 is 10.2 Å². The van der Waals surface area contributed by atoms with Crippen molar-refractivity contribution < 1.29 is 4.79 Å². The minimum Gasteiger partial charge on any atom is -0.343 e. The fraction of sp³-hybridized carbons (Fsp3) is 0.941. The smallest absolute Gasteiger partial charge is 0.222 e. The van der Waals surface area contributed by atoms with Crippen molar-refractivity contribution >= 4 is 18.3 Å². The van der Waals surface area contributed by atoms with Gasteiger partial charge in [-0.15, -0.1) is 12.4 Å². The summed E-state index contributed by atoms with van der Waals surface area (Å²) in [5, 5.41) is 3.38. The van der Waals surface area contributed by atoms with E-state index in [-0.39, 0.29) is 12.4 Å². The topological polar surface area (TPSA) is 32.3 Å². The summed E-state index contributed by atoms with van der Waals surface area (Å²) in [7, 11) is 0. The number of piperidine rings is 2. The van der Waals surface area contributed by atoms with Crippen LogP contribution in [0.2, 0.25) is 0 Å². The SMILES string of the molecule is Cl.O=C(CC1CCNCC1)N1CCC2(CCCCC2)CC1. The molecule has 0 aromatic heterocycles. The lowest BCUT2D eigenvalue weighted by Gasteiger charge is -2.44. The lowest BCUT2D eigenvalue weighted by molar-refractivity contribution is -0.135. The van der Waals surface area contributed by atoms with Crippen LogP contribution in [0.1, 0.15) is 64.2 Å². The number of nitrogens with one attached hydrogen (secondary N) is 1. The number of carbonyl (C=O) groups is 1. The summed E-state index contributed by atoms with van der Waals surface area (Å²) in [6.45, 7) is 4.26. The standard InChI is InChI=1S/C17H30N2O.ClH/c20-16(14-15-4-10-18-11-5-15)19-12-8-17(9-13-19)6-2-1-3-7-17;/h15,18H,1-14H2;1H. The average molecular weight is 315 g/mol. The molecule has 1 aliphatic carbocycles. The highest BCUT2D eigenvalue weighted by molar-refractivity contribution is 5.85. The number of halogens is 1. The maximum Gasteiger partial charge on any atom is 0.222 e. The van der Waals surface area contributed by atoms with Gasteiger partial charge in [-0.1, -0.05) is 19.3 Å². The van der Waals surface area contributed by atoms with Gasteiger partial charge in [-0.2, -0.15) is 0 Å². The van der Waals surface area contributed by atoms with Gasteiger partial charge >= 0.3 is 0 Å². The van der Waals surface area contributed by atoms with Gasteiger partial charge in [0.2, 0.25) is 5.91 Å². The van der Waals surface area contributed by atoms with Crippen LogP contribution in [0.4, 0.5) is 0 Å². The second kappa shape index (κ2) is 7.82. The molecule has 0 unspecified atom stereocenters. The molecule has 2 aliphatic heterocycles. The van der Waals surface area contributed by atoms with Crippen LogP contribution >= 0.6 is 12.4 Å². The first-order valence-electron chi connectivity index (χ1n) is 8.76. The van der Waals surface area contributed by atoms with E-state index in [9.17, 15) is 4.79 Å². The van der Waals surface area contributed by atoms with Gasteiger partial charge in [0.05, 0.1) is 0 Å². The minimum atomic E-state index is 0. The van der Waals surface area contributed by atoms with Crippen molar-refractivity contribution in [3.05, 3.63) is 0 Å². The van der Waals surface area contributed by atoms with Crippen molar-refractivity contribution in [2.24, 2.45) is 11.3 Å². The Hall–Kier alpha value is -0.280. The van der Waals surface area contributed by atoms with E-state index in [4.69, 9.17) is 0 Å². The van der Waals surface area contributed by atoms with Crippen molar-refractivity contribution in [3.63, 3.8) is 0 Å². The van der Waals surface area contributed by atoms with E-state index in [0.29, 0.717) is 17.2 Å². The number of carbonyl (C=O) groups excluding carboxylic acids is 1. The zero-order chi connectivity index (χ0) is 13.8. The normalized spacial score (nSPS) is 26.4. The van der Waals surface area contributed by atoms with Gasteiger partial charge in [-0.05, 0) is 62.9 Å². The monoisotopic (exact) mass is 314 g/mol. The van der Waals surface area contributed by atoms with Gasteiger partial charge in [-0.25, -0.2) is 0 Å². The van der Waals surface area contributed by atoms with E-state index in [0.717, 1.165) is 32.6 Å². The molecule has 1 saturated carbocycles. The van der Waals surface area contributed by atoms with Gasteiger partial charge in [0.15, 0.2) is 0 Å². The second-order valence-electron chi connectivity index (χ2n) is 7.34. The molecule has 0 bridgehead atoms. The van der Waals surface area contributed by atoms with E-state index in [1.54, 1.807) is 0 Å². The predicted molar refractivity (Wildman–Crippen MR) is 88.8 cm³/mol. The number of nitrogens with zero attached hydrogens (tertiary/aromatic N) is 1. The first kappa shape index (κ1) is 17.1. The molecule has 3 nitrogen and oxygen atoms in total. The zero-order valence-electron chi connectivity index (χ0n) is 13.2. The molecular formula is C17H31ClN2O. The molecule has 0 aromatic carbocycles. The van der Waals surface area contributed by atoms with Crippen molar-refractivity contribution in [3.8, 4) is 0 Å². The summed E-state index contributed by atoms with van der Waals surface area (Å²) in [4.78, 5) is 14.6. The Kier molecular flexibility index (Phi) is 6.36. The van der Waals surface area contributed by atoms with Crippen LogP contribution in [0.25, 0.3) is 0 Å². The van der Waals surface area contributed by atoms with Crippen molar-refractivity contribution in [2.45, 2.75) is 64.2 Å².